The number of aromatic carboxylic acids is 1. The summed E-state index contributed by atoms with van der Waals surface area (Å²) in [5, 5.41) is 8.57. The Hall–Kier alpha value is -1.42. The lowest BCUT2D eigenvalue weighted by molar-refractivity contribution is 0.0686. The first-order valence-electron chi connectivity index (χ1n) is 4.01. The van der Waals surface area contributed by atoms with E-state index in [1.807, 2.05) is 0 Å². The Kier molecular flexibility index (Phi) is 3.80. The first-order valence-corrected chi connectivity index (χ1v) is 4.55. The number of hydrogen-bond acceptors (Lipinski definition) is 1. The van der Waals surface area contributed by atoms with Crippen LogP contribution in [-0.4, -0.2) is 17.0 Å². The van der Waals surface area contributed by atoms with E-state index in [0.717, 1.165) is 12.1 Å². The number of alkyl halides is 1. The van der Waals surface area contributed by atoms with Gasteiger partial charge >= 0.3 is 5.97 Å². The van der Waals surface area contributed by atoms with Gasteiger partial charge in [-0.15, -0.1) is 11.6 Å². The van der Waals surface area contributed by atoms with Gasteiger partial charge in [-0.3, -0.25) is 0 Å². The summed E-state index contributed by atoms with van der Waals surface area (Å²) in [6.07, 6.45) is 2.73. The minimum Gasteiger partial charge on any atom is -0.477 e. The van der Waals surface area contributed by atoms with E-state index >= 15 is 0 Å². The van der Waals surface area contributed by atoms with Crippen LogP contribution < -0.4 is 0 Å². The van der Waals surface area contributed by atoms with Crippen LogP contribution in [0.2, 0.25) is 0 Å². The zero-order valence-electron chi connectivity index (χ0n) is 7.51. The lowest BCUT2D eigenvalue weighted by Crippen LogP contribution is -2.05. The standard InChI is InChI=1S/C10H7ClF2O2/c11-5-1-2-6-3-4-7(12)8(9(6)13)10(14)15/h1-4H,5H2,(H,14,15). The van der Waals surface area contributed by atoms with Crippen molar-refractivity contribution in [3.05, 3.63) is 41.0 Å². The van der Waals surface area contributed by atoms with Crippen molar-refractivity contribution in [3.63, 3.8) is 0 Å². The number of hydrogen-bond donors (Lipinski definition) is 1. The molecule has 0 aliphatic rings. The highest BCUT2D eigenvalue weighted by Crippen LogP contribution is 2.18. The molecule has 0 unspecified atom stereocenters. The normalized spacial score (nSPS) is 10.9. The second kappa shape index (κ2) is 4.89. The fourth-order valence-electron chi connectivity index (χ4n) is 1.06. The monoisotopic (exact) mass is 232 g/mol. The molecule has 1 aromatic carbocycles. The third-order valence-electron chi connectivity index (χ3n) is 1.72. The fourth-order valence-corrected chi connectivity index (χ4v) is 1.15. The maximum atomic E-state index is 13.4. The molecule has 0 saturated heterocycles. The molecule has 1 rings (SSSR count). The Bertz CT molecular complexity index is 416. The molecule has 0 aromatic heterocycles. The van der Waals surface area contributed by atoms with Crippen molar-refractivity contribution >= 4 is 23.6 Å². The van der Waals surface area contributed by atoms with Gasteiger partial charge in [0, 0.05) is 11.4 Å². The highest BCUT2D eigenvalue weighted by atomic mass is 35.5. The third-order valence-corrected chi connectivity index (χ3v) is 1.90. The van der Waals surface area contributed by atoms with Gasteiger partial charge in [-0.05, 0) is 12.1 Å². The lowest BCUT2D eigenvalue weighted by Gasteiger charge is -2.02. The molecule has 1 N–H and O–H groups in total. The Morgan fingerprint density at radius 2 is 2.13 bits per heavy atom. The van der Waals surface area contributed by atoms with Gasteiger partial charge in [0.15, 0.2) is 0 Å². The summed E-state index contributed by atoms with van der Waals surface area (Å²) < 4.78 is 26.3. The largest absolute Gasteiger partial charge is 0.477 e. The van der Waals surface area contributed by atoms with Crippen LogP contribution in [0, 0.1) is 11.6 Å². The maximum absolute atomic E-state index is 13.4. The summed E-state index contributed by atoms with van der Waals surface area (Å²) in [4.78, 5) is 10.5. The highest BCUT2D eigenvalue weighted by molar-refractivity contribution is 6.19. The predicted octanol–water partition coefficient (Wildman–Crippen LogP) is 2.92. The van der Waals surface area contributed by atoms with E-state index in [1.165, 1.54) is 12.2 Å². The average molecular weight is 233 g/mol. The predicted molar refractivity (Wildman–Crippen MR) is 53.1 cm³/mol. The van der Waals surface area contributed by atoms with Gasteiger partial charge in [-0.2, -0.15) is 0 Å². The van der Waals surface area contributed by atoms with Crippen LogP contribution in [-0.2, 0) is 0 Å². The molecule has 15 heavy (non-hydrogen) atoms. The molecule has 2 nitrogen and oxygen atoms in total. The topological polar surface area (TPSA) is 37.3 Å². The van der Waals surface area contributed by atoms with Crippen molar-refractivity contribution in [1.29, 1.82) is 0 Å². The molecule has 0 heterocycles. The molecule has 0 saturated carbocycles. The first kappa shape index (κ1) is 11.7. The fraction of sp³-hybridized carbons (Fsp3) is 0.100. The number of carbonyl (C=O) groups is 1. The van der Waals surface area contributed by atoms with Crippen molar-refractivity contribution < 1.29 is 18.7 Å². The van der Waals surface area contributed by atoms with Crippen LogP contribution in [0.3, 0.4) is 0 Å². The second-order valence-corrected chi connectivity index (χ2v) is 3.00. The molecule has 0 fully saturated rings. The molecule has 1 aromatic rings. The summed E-state index contributed by atoms with van der Waals surface area (Å²) >= 11 is 5.34. The number of halogens is 3. The van der Waals surface area contributed by atoms with E-state index in [9.17, 15) is 13.6 Å². The number of benzene rings is 1. The van der Waals surface area contributed by atoms with Gasteiger partial charge in [0.1, 0.15) is 17.2 Å². The Morgan fingerprint density at radius 3 is 2.67 bits per heavy atom. The molecule has 80 valence electrons. The van der Waals surface area contributed by atoms with E-state index in [-0.39, 0.29) is 11.4 Å². The van der Waals surface area contributed by atoms with Crippen molar-refractivity contribution in [2.24, 2.45) is 0 Å². The molecular formula is C10H7ClF2O2. The molecule has 0 aliphatic carbocycles. The lowest BCUT2D eigenvalue weighted by atomic mass is 10.1. The molecule has 0 spiro atoms. The Morgan fingerprint density at radius 1 is 1.47 bits per heavy atom. The van der Waals surface area contributed by atoms with Crippen molar-refractivity contribution in [2.75, 3.05) is 5.88 Å². The summed E-state index contributed by atoms with van der Waals surface area (Å²) in [5.41, 5.74) is -0.957. The molecule has 5 heteroatoms. The minimum atomic E-state index is -1.63. The van der Waals surface area contributed by atoms with Crippen LogP contribution in [0.15, 0.2) is 18.2 Å². The van der Waals surface area contributed by atoms with Crippen LogP contribution in [0.4, 0.5) is 8.78 Å². The van der Waals surface area contributed by atoms with E-state index < -0.39 is 23.2 Å². The molecule has 0 aliphatic heterocycles. The molecule has 0 radical (unpaired) electrons. The number of carboxylic acids is 1. The zero-order valence-corrected chi connectivity index (χ0v) is 8.26. The Labute approximate surface area is 89.8 Å². The number of allylic oxidation sites excluding steroid dienone is 1. The number of carboxylic acid groups (broad SMARTS) is 1. The maximum Gasteiger partial charge on any atom is 0.341 e. The van der Waals surface area contributed by atoms with Crippen LogP contribution in [0.5, 0.6) is 0 Å². The van der Waals surface area contributed by atoms with Crippen molar-refractivity contribution in [2.45, 2.75) is 0 Å². The van der Waals surface area contributed by atoms with Crippen molar-refractivity contribution in [3.8, 4) is 0 Å². The first-order chi connectivity index (χ1) is 7.07. The van der Waals surface area contributed by atoms with Crippen LogP contribution >= 0.6 is 11.6 Å². The van der Waals surface area contributed by atoms with Crippen LogP contribution in [0.1, 0.15) is 15.9 Å². The van der Waals surface area contributed by atoms with Gasteiger partial charge < -0.3 is 5.11 Å². The van der Waals surface area contributed by atoms with Crippen LogP contribution in [0.25, 0.3) is 6.08 Å². The highest BCUT2D eigenvalue weighted by Gasteiger charge is 2.18. The van der Waals surface area contributed by atoms with Gasteiger partial charge in [-0.25, -0.2) is 13.6 Å². The van der Waals surface area contributed by atoms with Gasteiger partial charge in [0.25, 0.3) is 0 Å². The van der Waals surface area contributed by atoms with E-state index in [4.69, 9.17) is 16.7 Å². The van der Waals surface area contributed by atoms with E-state index in [2.05, 4.69) is 0 Å². The van der Waals surface area contributed by atoms with Gasteiger partial charge in [0.05, 0.1) is 0 Å². The smallest absolute Gasteiger partial charge is 0.341 e. The number of rotatable bonds is 3. The average Bonchev–Trinajstić information content (AvgIpc) is 2.16. The summed E-state index contributed by atoms with van der Waals surface area (Å²) in [6, 6.07) is 2.06. The van der Waals surface area contributed by atoms with Gasteiger partial charge in [-0.1, -0.05) is 12.2 Å². The second-order valence-electron chi connectivity index (χ2n) is 2.69. The van der Waals surface area contributed by atoms with E-state index in [1.54, 1.807) is 0 Å². The molecule has 0 amide bonds. The summed E-state index contributed by atoms with van der Waals surface area (Å²) in [5.74, 6) is -3.66. The third kappa shape index (κ3) is 2.53. The van der Waals surface area contributed by atoms with Gasteiger partial charge in [0.2, 0.25) is 0 Å². The van der Waals surface area contributed by atoms with Crippen molar-refractivity contribution in [1.82, 2.24) is 0 Å². The minimum absolute atomic E-state index is 0.00514. The summed E-state index contributed by atoms with van der Waals surface area (Å²) in [6.45, 7) is 0. The zero-order chi connectivity index (χ0) is 11.4. The molecule has 0 bridgehead atoms. The Balaban J connectivity index is 3.28. The molecular weight excluding hydrogens is 226 g/mol. The summed E-state index contributed by atoms with van der Waals surface area (Å²) in [7, 11) is 0. The molecule has 0 atom stereocenters. The quantitative estimate of drug-likeness (QED) is 0.814. The van der Waals surface area contributed by atoms with E-state index in [0.29, 0.717) is 0 Å². The SMILES string of the molecule is O=C(O)c1c(F)ccc(C=CCCl)c1F.